The van der Waals surface area contributed by atoms with E-state index in [0.717, 1.165) is 16.5 Å². The minimum Gasteiger partial charge on any atom is -0.368 e. The number of aryl methyl sites for hydroxylation is 1. The predicted molar refractivity (Wildman–Crippen MR) is 101 cm³/mol. The maximum atomic E-state index is 12.7. The molecule has 0 atom stereocenters. The standard InChI is InChI=1S/C16H18N6OS2/c1-4-6-21-14(17)19-20-16(21)25-9-13(23)12-8-10(2)22(11(12)3)15-18-5-7-24-15/h4-5,7-8H,1,6,9H2,2-3H3,(H2,17,19). The first-order valence-electron chi connectivity index (χ1n) is 7.57. The molecule has 7 nitrogen and oxygen atoms in total. The molecule has 0 bridgehead atoms. The fourth-order valence-corrected chi connectivity index (χ4v) is 4.17. The largest absolute Gasteiger partial charge is 0.368 e. The summed E-state index contributed by atoms with van der Waals surface area (Å²) in [6.07, 6.45) is 3.47. The van der Waals surface area contributed by atoms with E-state index >= 15 is 0 Å². The molecule has 0 unspecified atom stereocenters. The molecule has 0 saturated carbocycles. The molecule has 0 saturated heterocycles. The first-order chi connectivity index (χ1) is 12.0. The Bertz CT molecular complexity index is 910. The zero-order valence-corrected chi connectivity index (χ0v) is 15.6. The number of hydrogen-bond donors (Lipinski definition) is 1. The van der Waals surface area contributed by atoms with Gasteiger partial charge in [-0.2, -0.15) is 0 Å². The number of aromatic nitrogens is 5. The van der Waals surface area contributed by atoms with Crippen molar-refractivity contribution in [1.29, 1.82) is 0 Å². The van der Waals surface area contributed by atoms with Gasteiger partial charge in [0.2, 0.25) is 5.95 Å². The number of anilines is 1. The van der Waals surface area contributed by atoms with Crippen LogP contribution in [0.5, 0.6) is 0 Å². The van der Waals surface area contributed by atoms with Crippen molar-refractivity contribution in [2.75, 3.05) is 11.5 Å². The number of nitrogens with zero attached hydrogens (tertiary/aromatic N) is 5. The Labute approximate surface area is 153 Å². The third-order valence-corrected chi connectivity index (χ3v) is 5.45. The first-order valence-corrected chi connectivity index (χ1v) is 9.43. The number of allylic oxidation sites excluding steroid dienone is 1. The van der Waals surface area contributed by atoms with E-state index in [1.165, 1.54) is 11.8 Å². The minimum atomic E-state index is 0.0348. The molecule has 3 heterocycles. The van der Waals surface area contributed by atoms with E-state index in [-0.39, 0.29) is 11.5 Å². The molecule has 0 aliphatic rings. The summed E-state index contributed by atoms with van der Waals surface area (Å²) in [5.41, 5.74) is 8.36. The number of rotatable bonds is 7. The van der Waals surface area contributed by atoms with Crippen LogP contribution < -0.4 is 5.73 Å². The molecule has 0 radical (unpaired) electrons. The molecule has 25 heavy (non-hydrogen) atoms. The van der Waals surface area contributed by atoms with Crippen molar-refractivity contribution in [3.8, 4) is 5.13 Å². The Hall–Kier alpha value is -2.39. The van der Waals surface area contributed by atoms with Gasteiger partial charge < -0.3 is 5.73 Å². The summed E-state index contributed by atoms with van der Waals surface area (Å²) < 4.78 is 3.73. The molecule has 130 valence electrons. The van der Waals surface area contributed by atoms with Crippen molar-refractivity contribution in [2.45, 2.75) is 25.5 Å². The zero-order chi connectivity index (χ0) is 18.0. The summed E-state index contributed by atoms with van der Waals surface area (Å²) in [7, 11) is 0. The summed E-state index contributed by atoms with van der Waals surface area (Å²) in [4.78, 5) is 17.0. The average molecular weight is 374 g/mol. The lowest BCUT2D eigenvalue weighted by Crippen LogP contribution is -2.07. The SMILES string of the molecule is C=CCn1c(N)nnc1SCC(=O)c1cc(C)n(-c2nccs2)c1C. The Kier molecular flexibility index (Phi) is 5.05. The lowest BCUT2D eigenvalue weighted by atomic mass is 10.2. The van der Waals surface area contributed by atoms with Crippen molar-refractivity contribution >= 4 is 34.8 Å². The van der Waals surface area contributed by atoms with Crippen molar-refractivity contribution in [3.63, 3.8) is 0 Å². The third-order valence-electron chi connectivity index (χ3n) is 3.73. The lowest BCUT2D eigenvalue weighted by Gasteiger charge is -2.06. The van der Waals surface area contributed by atoms with E-state index in [4.69, 9.17) is 5.73 Å². The minimum absolute atomic E-state index is 0.0348. The summed E-state index contributed by atoms with van der Waals surface area (Å²) in [6, 6.07) is 1.91. The smallest absolute Gasteiger partial charge is 0.222 e. The van der Waals surface area contributed by atoms with Gasteiger partial charge in [0, 0.05) is 35.1 Å². The number of carbonyl (C=O) groups excluding carboxylic acids is 1. The number of thioether (sulfide) groups is 1. The van der Waals surface area contributed by atoms with Gasteiger partial charge in [-0.1, -0.05) is 17.8 Å². The second kappa shape index (κ2) is 7.24. The molecule has 3 rings (SSSR count). The van der Waals surface area contributed by atoms with Crippen molar-refractivity contribution in [2.24, 2.45) is 0 Å². The van der Waals surface area contributed by atoms with Crippen molar-refractivity contribution in [1.82, 2.24) is 24.3 Å². The van der Waals surface area contributed by atoms with Crippen molar-refractivity contribution in [3.05, 3.63) is 47.2 Å². The molecule has 0 amide bonds. The molecule has 0 aliphatic heterocycles. The topological polar surface area (TPSA) is 91.6 Å². The molecule has 0 spiro atoms. The van der Waals surface area contributed by atoms with E-state index in [0.29, 0.717) is 23.2 Å². The Balaban J connectivity index is 1.79. The molecule has 3 aromatic rings. The van der Waals surface area contributed by atoms with Gasteiger partial charge >= 0.3 is 0 Å². The fraction of sp³-hybridized carbons (Fsp3) is 0.250. The van der Waals surface area contributed by atoms with Crippen LogP contribution in [-0.4, -0.2) is 35.9 Å². The highest BCUT2D eigenvalue weighted by Gasteiger charge is 2.19. The van der Waals surface area contributed by atoms with Gasteiger partial charge in [-0.05, 0) is 19.9 Å². The highest BCUT2D eigenvalue weighted by molar-refractivity contribution is 7.99. The fourth-order valence-electron chi connectivity index (χ4n) is 2.58. The van der Waals surface area contributed by atoms with Crippen LogP contribution in [0.4, 0.5) is 5.95 Å². The molecular formula is C16H18N6OS2. The highest BCUT2D eigenvalue weighted by Crippen LogP contribution is 2.25. The second-order valence-electron chi connectivity index (χ2n) is 5.39. The molecule has 2 N–H and O–H groups in total. The van der Waals surface area contributed by atoms with E-state index in [9.17, 15) is 4.79 Å². The van der Waals surface area contributed by atoms with E-state index in [1.54, 1.807) is 28.2 Å². The molecule has 0 aliphatic carbocycles. The van der Waals surface area contributed by atoms with Crippen LogP contribution in [0, 0.1) is 13.8 Å². The van der Waals surface area contributed by atoms with Gasteiger partial charge in [0.05, 0.1) is 5.75 Å². The molecule has 0 aromatic carbocycles. The molecular weight excluding hydrogens is 356 g/mol. The van der Waals surface area contributed by atoms with E-state index < -0.39 is 0 Å². The van der Waals surface area contributed by atoms with Crippen LogP contribution in [0.3, 0.4) is 0 Å². The zero-order valence-electron chi connectivity index (χ0n) is 14.0. The van der Waals surface area contributed by atoms with Crippen LogP contribution in [-0.2, 0) is 6.54 Å². The number of nitrogen functional groups attached to an aromatic ring is 1. The third kappa shape index (κ3) is 3.38. The molecule has 3 aromatic heterocycles. The summed E-state index contributed by atoms with van der Waals surface area (Å²) in [5, 5.41) is 11.3. The van der Waals surface area contributed by atoms with Gasteiger partial charge in [0.25, 0.3) is 0 Å². The maximum absolute atomic E-state index is 12.7. The number of nitrogens with two attached hydrogens (primary N) is 1. The highest BCUT2D eigenvalue weighted by atomic mass is 32.2. The summed E-state index contributed by atoms with van der Waals surface area (Å²) in [6.45, 7) is 8.11. The van der Waals surface area contributed by atoms with Crippen LogP contribution in [0.1, 0.15) is 21.7 Å². The normalized spacial score (nSPS) is 11.0. The Morgan fingerprint density at radius 2 is 2.24 bits per heavy atom. The van der Waals surface area contributed by atoms with Gasteiger partial charge in [0.15, 0.2) is 16.1 Å². The van der Waals surface area contributed by atoms with Gasteiger partial charge in [-0.25, -0.2) is 4.98 Å². The number of hydrogen-bond acceptors (Lipinski definition) is 7. The predicted octanol–water partition coefficient (Wildman–Crippen LogP) is 2.89. The average Bonchev–Trinajstić information content (AvgIpc) is 3.28. The lowest BCUT2D eigenvalue weighted by molar-refractivity contribution is 0.102. The number of carbonyl (C=O) groups is 1. The summed E-state index contributed by atoms with van der Waals surface area (Å²) in [5.74, 6) is 0.613. The number of thiazole rings is 1. The van der Waals surface area contributed by atoms with Crippen LogP contribution >= 0.6 is 23.1 Å². The van der Waals surface area contributed by atoms with Gasteiger partial charge in [0.1, 0.15) is 0 Å². The van der Waals surface area contributed by atoms with Crippen LogP contribution in [0.15, 0.2) is 35.5 Å². The Morgan fingerprint density at radius 1 is 1.44 bits per heavy atom. The number of Topliss-reactive ketones (excluding diaryl/α,β-unsaturated/α-hetero) is 1. The quantitative estimate of drug-likeness (QED) is 0.388. The molecule has 9 heteroatoms. The van der Waals surface area contributed by atoms with E-state index in [2.05, 4.69) is 21.8 Å². The van der Waals surface area contributed by atoms with Crippen LogP contribution in [0.2, 0.25) is 0 Å². The van der Waals surface area contributed by atoms with E-state index in [1.807, 2.05) is 29.9 Å². The Morgan fingerprint density at radius 3 is 2.92 bits per heavy atom. The summed E-state index contributed by atoms with van der Waals surface area (Å²) >= 11 is 2.86. The molecule has 0 fully saturated rings. The van der Waals surface area contributed by atoms with Gasteiger partial charge in [-0.3, -0.25) is 13.9 Å². The monoisotopic (exact) mass is 374 g/mol. The maximum Gasteiger partial charge on any atom is 0.222 e. The van der Waals surface area contributed by atoms with Gasteiger partial charge in [-0.15, -0.1) is 28.1 Å². The number of ketones is 1. The van der Waals surface area contributed by atoms with Crippen molar-refractivity contribution < 1.29 is 4.79 Å². The first kappa shape index (κ1) is 17.4. The van der Waals surface area contributed by atoms with Crippen LogP contribution in [0.25, 0.3) is 5.13 Å². The second-order valence-corrected chi connectivity index (χ2v) is 7.20.